The standard InChI is InChI=1S/C20H17N5O3S/c1-28-15-9-7-14(8-10-15)17(26)12-29-20-23-22-19-21-18(27)16(24-25(19)20)11-13-5-3-2-4-6-13/h2-10H,11-12H2,1H3,(H,21,22,27). The van der Waals surface area contributed by atoms with Gasteiger partial charge in [0.1, 0.15) is 11.4 Å². The summed E-state index contributed by atoms with van der Waals surface area (Å²) in [6.07, 6.45) is 0.388. The van der Waals surface area contributed by atoms with Gasteiger partial charge in [0.15, 0.2) is 5.78 Å². The number of benzene rings is 2. The zero-order valence-corrected chi connectivity index (χ0v) is 16.3. The number of ketones is 1. The molecule has 146 valence electrons. The predicted molar refractivity (Wildman–Crippen MR) is 109 cm³/mol. The van der Waals surface area contributed by atoms with Crippen LogP contribution in [0.1, 0.15) is 21.6 Å². The maximum Gasteiger partial charge on any atom is 0.274 e. The second kappa shape index (κ2) is 8.27. The SMILES string of the molecule is COc1ccc(C(=O)CSc2nnc3[nH]c(=O)c(Cc4ccccc4)nn23)cc1. The molecule has 8 nitrogen and oxygen atoms in total. The minimum Gasteiger partial charge on any atom is -0.497 e. The zero-order valence-electron chi connectivity index (χ0n) is 15.5. The van der Waals surface area contributed by atoms with Gasteiger partial charge in [0.2, 0.25) is 5.16 Å². The van der Waals surface area contributed by atoms with E-state index in [1.54, 1.807) is 31.4 Å². The smallest absolute Gasteiger partial charge is 0.274 e. The Morgan fingerprint density at radius 1 is 1.10 bits per heavy atom. The Morgan fingerprint density at radius 2 is 1.86 bits per heavy atom. The fraction of sp³-hybridized carbons (Fsp3) is 0.150. The third-order valence-corrected chi connectivity index (χ3v) is 5.20. The molecule has 2 aromatic carbocycles. The summed E-state index contributed by atoms with van der Waals surface area (Å²) in [5.41, 5.74) is 1.60. The average molecular weight is 407 g/mol. The third-order valence-electron chi connectivity index (χ3n) is 4.28. The molecule has 0 bridgehead atoms. The van der Waals surface area contributed by atoms with E-state index < -0.39 is 0 Å². The van der Waals surface area contributed by atoms with E-state index in [0.717, 1.165) is 5.56 Å². The Bertz CT molecular complexity index is 1200. The van der Waals surface area contributed by atoms with Gasteiger partial charge in [-0.25, -0.2) is 0 Å². The van der Waals surface area contributed by atoms with Gasteiger partial charge >= 0.3 is 0 Å². The quantitative estimate of drug-likeness (QED) is 0.371. The molecule has 0 amide bonds. The summed E-state index contributed by atoms with van der Waals surface area (Å²) < 4.78 is 6.57. The van der Waals surface area contributed by atoms with Crippen LogP contribution in [0.25, 0.3) is 5.78 Å². The van der Waals surface area contributed by atoms with Crippen molar-refractivity contribution in [3.05, 3.63) is 81.8 Å². The number of carbonyl (C=O) groups is 1. The number of H-pyrrole nitrogens is 1. The predicted octanol–water partition coefficient (Wildman–Crippen LogP) is 2.39. The Morgan fingerprint density at radius 3 is 2.59 bits per heavy atom. The first-order chi connectivity index (χ1) is 14.1. The molecule has 0 saturated heterocycles. The lowest BCUT2D eigenvalue weighted by atomic mass is 10.1. The van der Waals surface area contributed by atoms with Crippen LogP contribution in [0.4, 0.5) is 0 Å². The van der Waals surface area contributed by atoms with Crippen molar-refractivity contribution in [2.75, 3.05) is 12.9 Å². The monoisotopic (exact) mass is 407 g/mol. The Labute approximate surface area is 169 Å². The third kappa shape index (κ3) is 4.19. The maximum atomic E-state index is 12.4. The number of aromatic amines is 1. The number of Topliss-reactive ketones (excluding diaryl/α,β-unsaturated/α-hetero) is 1. The molecule has 0 atom stereocenters. The first kappa shape index (κ1) is 18.9. The lowest BCUT2D eigenvalue weighted by molar-refractivity contribution is 0.102. The molecule has 0 radical (unpaired) electrons. The van der Waals surface area contributed by atoms with E-state index in [1.807, 2.05) is 30.3 Å². The Kier molecular flexibility index (Phi) is 5.39. The van der Waals surface area contributed by atoms with Crippen molar-refractivity contribution >= 4 is 23.3 Å². The number of nitrogens with one attached hydrogen (secondary N) is 1. The van der Waals surface area contributed by atoms with Crippen LogP contribution >= 0.6 is 11.8 Å². The highest BCUT2D eigenvalue weighted by molar-refractivity contribution is 7.99. The molecule has 0 saturated carbocycles. The van der Waals surface area contributed by atoms with Gasteiger partial charge in [-0.05, 0) is 29.8 Å². The molecular weight excluding hydrogens is 390 g/mol. The zero-order chi connectivity index (χ0) is 20.2. The normalized spacial score (nSPS) is 10.9. The van der Waals surface area contributed by atoms with E-state index in [-0.39, 0.29) is 22.9 Å². The van der Waals surface area contributed by atoms with Gasteiger partial charge in [0.25, 0.3) is 11.3 Å². The average Bonchev–Trinajstić information content (AvgIpc) is 3.14. The van der Waals surface area contributed by atoms with Crippen molar-refractivity contribution in [2.24, 2.45) is 0 Å². The molecule has 2 aromatic heterocycles. The van der Waals surface area contributed by atoms with E-state index in [2.05, 4.69) is 20.3 Å². The maximum absolute atomic E-state index is 12.4. The van der Waals surface area contributed by atoms with Gasteiger partial charge in [0.05, 0.1) is 12.9 Å². The van der Waals surface area contributed by atoms with Crippen LogP contribution in [0.15, 0.2) is 64.5 Å². The molecule has 1 N–H and O–H groups in total. The van der Waals surface area contributed by atoms with Crippen molar-refractivity contribution in [2.45, 2.75) is 11.6 Å². The highest BCUT2D eigenvalue weighted by Gasteiger charge is 2.14. The van der Waals surface area contributed by atoms with E-state index >= 15 is 0 Å². The highest BCUT2D eigenvalue weighted by Crippen LogP contribution is 2.18. The minimum absolute atomic E-state index is 0.0525. The molecule has 2 heterocycles. The number of aromatic nitrogens is 5. The lowest BCUT2D eigenvalue weighted by Crippen LogP contribution is -2.19. The van der Waals surface area contributed by atoms with Gasteiger partial charge in [-0.15, -0.1) is 10.2 Å². The summed E-state index contributed by atoms with van der Waals surface area (Å²) in [6, 6.07) is 16.5. The summed E-state index contributed by atoms with van der Waals surface area (Å²) in [5, 5.41) is 12.8. The van der Waals surface area contributed by atoms with Crippen molar-refractivity contribution < 1.29 is 9.53 Å². The van der Waals surface area contributed by atoms with Gasteiger partial charge in [0, 0.05) is 12.0 Å². The number of fused-ring (bicyclic) bond motifs is 1. The molecule has 0 fully saturated rings. The molecule has 0 aliphatic rings. The number of hydrogen-bond acceptors (Lipinski definition) is 7. The molecule has 0 aliphatic heterocycles. The highest BCUT2D eigenvalue weighted by atomic mass is 32.2. The minimum atomic E-state index is -0.306. The molecule has 9 heteroatoms. The summed E-state index contributed by atoms with van der Waals surface area (Å²) in [4.78, 5) is 27.4. The second-order valence-electron chi connectivity index (χ2n) is 6.22. The fourth-order valence-corrected chi connectivity index (χ4v) is 3.53. The number of nitrogens with zero attached hydrogens (tertiary/aromatic N) is 4. The molecule has 0 spiro atoms. The van der Waals surface area contributed by atoms with E-state index in [9.17, 15) is 9.59 Å². The summed E-state index contributed by atoms with van der Waals surface area (Å²) in [6.45, 7) is 0. The largest absolute Gasteiger partial charge is 0.497 e. The Hall–Kier alpha value is -3.46. The van der Waals surface area contributed by atoms with Gasteiger partial charge in [-0.1, -0.05) is 42.1 Å². The molecule has 4 rings (SSSR count). The molecule has 0 aliphatic carbocycles. The van der Waals surface area contributed by atoms with Gasteiger partial charge in [-0.2, -0.15) is 9.61 Å². The van der Waals surface area contributed by atoms with Gasteiger partial charge in [-0.3, -0.25) is 14.6 Å². The number of ether oxygens (including phenoxy) is 1. The lowest BCUT2D eigenvalue weighted by Gasteiger charge is -2.04. The number of methoxy groups -OCH3 is 1. The number of thioether (sulfide) groups is 1. The van der Waals surface area contributed by atoms with Crippen LogP contribution in [-0.2, 0) is 6.42 Å². The van der Waals surface area contributed by atoms with Gasteiger partial charge < -0.3 is 4.74 Å². The first-order valence-electron chi connectivity index (χ1n) is 8.82. The van der Waals surface area contributed by atoms with E-state index in [4.69, 9.17) is 4.74 Å². The molecular formula is C20H17N5O3S. The van der Waals surface area contributed by atoms with Crippen LogP contribution in [0.5, 0.6) is 5.75 Å². The molecule has 4 aromatic rings. The number of carbonyl (C=O) groups excluding carboxylic acids is 1. The summed E-state index contributed by atoms with van der Waals surface area (Å²) in [7, 11) is 1.58. The van der Waals surface area contributed by atoms with Crippen molar-refractivity contribution in [3.63, 3.8) is 0 Å². The van der Waals surface area contributed by atoms with Crippen molar-refractivity contribution in [3.8, 4) is 5.75 Å². The van der Waals surface area contributed by atoms with Crippen LogP contribution in [0, 0.1) is 0 Å². The second-order valence-corrected chi connectivity index (χ2v) is 7.16. The van der Waals surface area contributed by atoms with Crippen LogP contribution in [0.2, 0.25) is 0 Å². The molecule has 29 heavy (non-hydrogen) atoms. The van der Waals surface area contributed by atoms with Crippen LogP contribution < -0.4 is 10.3 Å². The summed E-state index contributed by atoms with van der Waals surface area (Å²) >= 11 is 1.21. The summed E-state index contributed by atoms with van der Waals surface area (Å²) in [5.74, 6) is 1.05. The van der Waals surface area contributed by atoms with Crippen molar-refractivity contribution in [1.82, 2.24) is 24.8 Å². The fourth-order valence-electron chi connectivity index (χ4n) is 2.76. The Balaban J connectivity index is 1.53. The van der Waals surface area contributed by atoms with Crippen LogP contribution in [-0.4, -0.2) is 43.4 Å². The topological polar surface area (TPSA) is 102 Å². The number of hydrogen-bond donors (Lipinski definition) is 1. The van der Waals surface area contributed by atoms with Crippen LogP contribution in [0.3, 0.4) is 0 Å². The van der Waals surface area contributed by atoms with E-state index in [0.29, 0.717) is 28.6 Å². The number of rotatable bonds is 7. The van der Waals surface area contributed by atoms with Crippen molar-refractivity contribution in [1.29, 1.82) is 0 Å². The molecule has 0 unspecified atom stereocenters. The first-order valence-corrected chi connectivity index (χ1v) is 9.81. The van der Waals surface area contributed by atoms with E-state index in [1.165, 1.54) is 16.3 Å².